The molecule has 5 rings (SSSR count). The van der Waals surface area contributed by atoms with E-state index in [1.54, 1.807) is 12.1 Å². The fraction of sp³-hybridized carbons (Fsp3) is 0.286. The highest BCUT2D eigenvalue weighted by Crippen LogP contribution is 2.41. The molecule has 0 fully saturated rings. The van der Waals surface area contributed by atoms with E-state index in [-0.39, 0.29) is 12.3 Å². The van der Waals surface area contributed by atoms with Crippen molar-refractivity contribution in [3.63, 3.8) is 0 Å². The highest BCUT2D eigenvalue weighted by Gasteiger charge is 2.32. The molecule has 0 spiro atoms. The van der Waals surface area contributed by atoms with E-state index in [1.165, 1.54) is 0 Å². The SMILES string of the molecule is Cc1ccc(-c2c(C)c3c(c(C)c2CC(=O)O)CN(C(=O)c2cccc4c2OCCO4)C3)cc1. The molecule has 0 aliphatic carbocycles. The van der Waals surface area contributed by atoms with Crippen molar-refractivity contribution in [2.24, 2.45) is 0 Å². The van der Waals surface area contributed by atoms with Crippen molar-refractivity contribution in [2.45, 2.75) is 40.3 Å². The van der Waals surface area contributed by atoms with Gasteiger partial charge < -0.3 is 19.5 Å². The van der Waals surface area contributed by atoms with Crippen molar-refractivity contribution >= 4 is 11.9 Å². The minimum atomic E-state index is -0.866. The Bertz CT molecular complexity index is 1310. The standard InChI is InChI=1S/C28H27NO5/c1-16-7-9-19(10-8-16)26-18(3)23-15-29(14-22(23)17(2)21(26)13-25(30)31)28(32)20-5-4-6-24-27(20)34-12-11-33-24/h4-10H,11-15H2,1-3H3,(H,30,31). The Hall–Kier alpha value is -3.80. The molecule has 3 aromatic carbocycles. The predicted molar refractivity (Wildman–Crippen MR) is 128 cm³/mol. The number of benzene rings is 3. The zero-order valence-corrected chi connectivity index (χ0v) is 19.6. The molecule has 174 valence electrons. The molecule has 0 atom stereocenters. The minimum absolute atomic E-state index is 0.0610. The van der Waals surface area contributed by atoms with Gasteiger partial charge in [-0.05, 0) is 71.8 Å². The second kappa shape index (κ2) is 8.52. The molecule has 0 unspecified atom stereocenters. The molecule has 0 radical (unpaired) electrons. The first-order valence-electron chi connectivity index (χ1n) is 11.5. The van der Waals surface area contributed by atoms with Crippen LogP contribution in [-0.2, 0) is 24.3 Å². The fourth-order valence-electron chi connectivity index (χ4n) is 5.10. The maximum atomic E-state index is 13.6. The molecule has 2 aliphatic rings. The maximum absolute atomic E-state index is 13.6. The van der Waals surface area contributed by atoms with E-state index in [4.69, 9.17) is 9.47 Å². The highest BCUT2D eigenvalue weighted by atomic mass is 16.6. The average Bonchev–Trinajstić information content (AvgIpc) is 3.29. The van der Waals surface area contributed by atoms with Crippen LogP contribution in [0.15, 0.2) is 42.5 Å². The molecule has 2 aliphatic heterocycles. The van der Waals surface area contributed by atoms with Crippen LogP contribution in [0.5, 0.6) is 11.5 Å². The van der Waals surface area contributed by atoms with E-state index in [2.05, 4.69) is 0 Å². The molecule has 6 nitrogen and oxygen atoms in total. The van der Waals surface area contributed by atoms with Crippen molar-refractivity contribution < 1.29 is 24.2 Å². The molecule has 0 saturated heterocycles. The number of fused-ring (bicyclic) bond motifs is 2. The largest absolute Gasteiger partial charge is 0.486 e. The number of hydrogen-bond acceptors (Lipinski definition) is 4. The second-order valence-corrected chi connectivity index (χ2v) is 8.99. The van der Waals surface area contributed by atoms with Crippen LogP contribution >= 0.6 is 0 Å². The van der Waals surface area contributed by atoms with Crippen molar-refractivity contribution in [1.82, 2.24) is 4.90 Å². The van der Waals surface area contributed by atoms with E-state index in [0.29, 0.717) is 43.4 Å². The van der Waals surface area contributed by atoms with Gasteiger partial charge in [0.05, 0.1) is 12.0 Å². The summed E-state index contributed by atoms with van der Waals surface area (Å²) < 4.78 is 11.4. The zero-order chi connectivity index (χ0) is 24.0. The molecule has 6 heteroatoms. The van der Waals surface area contributed by atoms with Crippen LogP contribution in [0.1, 0.15) is 43.7 Å². The Morgan fingerprint density at radius 1 is 0.912 bits per heavy atom. The van der Waals surface area contributed by atoms with Gasteiger partial charge in [-0.2, -0.15) is 0 Å². The summed E-state index contributed by atoms with van der Waals surface area (Å²) in [6, 6.07) is 13.6. The van der Waals surface area contributed by atoms with Crippen LogP contribution in [0.4, 0.5) is 0 Å². The average molecular weight is 458 g/mol. The van der Waals surface area contributed by atoms with Crippen LogP contribution in [0.2, 0.25) is 0 Å². The summed E-state index contributed by atoms with van der Waals surface area (Å²) in [5, 5.41) is 9.66. The Morgan fingerprint density at radius 3 is 2.29 bits per heavy atom. The molecule has 2 heterocycles. The van der Waals surface area contributed by atoms with E-state index >= 15 is 0 Å². The molecular weight excluding hydrogens is 430 g/mol. The topological polar surface area (TPSA) is 76.1 Å². The smallest absolute Gasteiger partial charge is 0.307 e. The van der Waals surface area contributed by atoms with Gasteiger partial charge in [-0.1, -0.05) is 35.9 Å². The van der Waals surface area contributed by atoms with Crippen LogP contribution in [0.3, 0.4) is 0 Å². The first-order valence-corrected chi connectivity index (χ1v) is 11.5. The number of rotatable bonds is 4. The summed E-state index contributed by atoms with van der Waals surface area (Å²) in [5.74, 6) is 0.102. The van der Waals surface area contributed by atoms with Crippen molar-refractivity contribution in [3.8, 4) is 22.6 Å². The lowest BCUT2D eigenvalue weighted by Crippen LogP contribution is -2.27. The molecular formula is C28H27NO5. The van der Waals surface area contributed by atoms with Crippen LogP contribution < -0.4 is 9.47 Å². The Balaban J connectivity index is 1.57. The van der Waals surface area contributed by atoms with Gasteiger partial charge in [0.15, 0.2) is 11.5 Å². The molecule has 3 aromatic rings. The van der Waals surface area contributed by atoms with Crippen molar-refractivity contribution in [2.75, 3.05) is 13.2 Å². The van der Waals surface area contributed by atoms with Crippen LogP contribution in [0.25, 0.3) is 11.1 Å². The number of aliphatic carboxylic acids is 1. The number of para-hydroxylation sites is 1. The van der Waals surface area contributed by atoms with Gasteiger partial charge in [0, 0.05) is 13.1 Å². The van der Waals surface area contributed by atoms with E-state index in [1.807, 2.05) is 56.0 Å². The van der Waals surface area contributed by atoms with Gasteiger partial charge in [0.25, 0.3) is 5.91 Å². The number of aryl methyl sites for hydroxylation is 1. The number of amides is 1. The zero-order valence-electron chi connectivity index (χ0n) is 19.6. The van der Waals surface area contributed by atoms with E-state index < -0.39 is 5.97 Å². The molecule has 0 aromatic heterocycles. The Morgan fingerprint density at radius 2 is 1.59 bits per heavy atom. The molecule has 1 amide bonds. The number of carbonyl (C=O) groups excluding carboxylic acids is 1. The monoisotopic (exact) mass is 457 g/mol. The van der Waals surface area contributed by atoms with Crippen LogP contribution in [0, 0.1) is 20.8 Å². The lowest BCUT2D eigenvalue weighted by Gasteiger charge is -2.23. The summed E-state index contributed by atoms with van der Waals surface area (Å²) in [7, 11) is 0. The van der Waals surface area contributed by atoms with Crippen molar-refractivity contribution in [1.29, 1.82) is 0 Å². The third-order valence-electron chi connectivity index (χ3n) is 6.85. The summed E-state index contributed by atoms with van der Waals surface area (Å²) in [4.78, 5) is 27.1. The first kappa shape index (κ1) is 22.0. The molecule has 0 bridgehead atoms. The number of carboxylic acids is 1. The predicted octanol–water partition coefficient (Wildman–Crippen LogP) is 4.83. The third kappa shape index (κ3) is 3.69. The third-order valence-corrected chi connectivity index (χ3v) is 6.85. The quantitative estimate of drug-likeness (QED) is 0.607. The molecule has 34 heavy (non-hydrogen) atoms. The first-order chi connectivity index (χ1) is 16.3. The summed E-state index contributed by atoms with van der Waals surface area (Å²) in [5.41, 5.74) is 8.53. The lowest BCUT2D eigenvalue weighted by atomic mass is 9.84. The van der Waals surface area contributed by atoms with Gasteiger partial charge >= 0.3 is 5.97 Å². The van der Waals surface area contributed by atoms with E-state index in [9.17, 15) is 14.7 Å². The number of ether oxygens (including phenoxy) is 2. The Kier molecular flexibility index (Phi) is 5.52. The van der Waals surface area contributed by atoms with Gasteiger partial charge in [-0.15, -0.1) is 0 Å². The van der Waals surface area contributed by atoms with Gasteiger partial charge in [0.1, 0.15) is 13.2 Å². The number of hydrogen-bond donors (Lipinski definition) is 1. The second-order valence-electron chi connectivity index (χ2n) is 8.99. The van der Waals surface area contributed by atoms with Crippen LogP contribution in [-0.4, -0.2) is 35.1 Å². The fourth-order valence-corrected chi connectivity index (χ4v) is 5.10. The maximum Gasteiger partial charge on any atom is 0.307 e. The summed E-state index contributed by atoms with van der Waals surface area (Å²) in [6.07, 6.45) is -0.0610. The molecule has 0 saturated carbocycles. The van der Waals surface area contributed by atoms with Gasteiger partial charge in [-0.3, -0.25) is 9.59 Å². The number of carbonyl (C=O) groups is 2. The van der Waals surface area contributed by atoms with Crippen molar-refractivity contribution in [3.05, 3.63) is 81.4 Å². The minimum Gasteiger partial charge on any atom is -0.486 e. The molecule has 1 N–H and O–H groups in total. The highest BCUT2D eigenvalue weighted by molar-refractivity contribution is 5.98. The van der Waals surface area contributed by atoms with Gasteiger partial charge in [0.2, 0.25) is 0 Å². The summed E-state index contributed by atoms with van der Waals surface area (Å²) >= 11 is 0. The Labute approximate surface area is 198 Å². The summed E-state index contributed by atoms with van der Waals surface area (Å²) in [6.45, 7) is 7.82. The number of carboxylic acid groups (broad SMARTS) is 1. The van der Waals surface area contributed by atoms with Gasteiger partial charge in [-0.25, -0.2) is 0 Å². The lowest BCUT2D eigenvalue weighted by molar-refractivity contribution is -0.136. The number of nitrogens with zero attached hydrogens (tertiary/aromatic N) is 1. The normalized spacial score (nSPS) is 14.1. The van der Waals surface area contributed by atoms with E-state index in [0.717, 1.165) is 44.5 Å².